The molecule has 2 heteroatoms. The average molecular weight is 163 g/mol. The quantitative estimate of drug-likeness (QED) is 0.481. The molecule has 1 aromatic heterocycles. The van der Waals surface area contributed by atoms with Gasteiger partial charge < -0.3 is 4.57 Å². The van der Waals surface area contributed by atoms with Crippen molar-refractivity contribution in [2.45, 2.75) is 13.8 Å². The number of rotatable bonds is 2. The molecule has 1 aromatic rings. The van der Waals surface area contributed by atoms with Crippen LogP contribution in [0.3, 0.4) is 0 Å². The second-order valence-electron chi connectivity index (χ2n) is 2.88. The number of nitrogens with zero attached hydrogens (tertiary/aromatic N) is 1. The van der Waals surface area contributed by atoms with E-state index in [0.717, 1.165) is 11.8 Å². The molecule has 1 rings (SSSR count). The van der Waals surface area contributed by atoms with Gasteiger partial charge in [0, 0.05) is 18.4 Å². The molecule has 0 saturated heterocycles. The molecule has 12 heavy (non-hydrogen) atoms. The first-order chi connectivity index (χ1) is 5.66. The third-order valence-corrected chi connectivity index (χ3v) is 2.17. The lowest BCUT2D eigenvalue weighted by Crippen LogP contribution is -1.92. The maximum atomic E-state index is 10.1. The second-order valence-corrected chi connectivity index (χ2v) is 2.88. The predicted molar refractivity (Wildman–Crippen MR) is 50.0 cm³/mol. The summed E-state index contributed by atoms with van der Waals surface area (Å²) in [6.45, 7) is 4.09. The standard InChI is InChI=1S/C10H13NO/c1-8-7-10(5-4-6-12)9(2)11(8)3/h4-7H,1-3H3/b5-4+. The van der Waals surface area contributed by atoms with Crippen molar-refractivity contribution in [3.05, 3.63) is 29.1 Å². The van der Waals surface area contributed by atoms with Crippen molar-refractivity contribution >= 4 is 12.4 Å². The zero-order chi connectivity index (χ0) is 9.14. The van der Waals surface area contributed by atoms with Crippen LogP contribution in [0.5, 0.6) is 0 Å². The predicted octanol–water partition coefficient (Wildman–Crippen LogP) is 1.85. The Labute approximate surface area is 72.5 Å². The Morgan fingerprint density at radius 1 is 1.42 bits per heavy atom. The van der Waals surface area contributed by atoms with Crippen LogP contribution in [0.1, 0.15) is 17.0 Å². The van der Waals surface area contributed by atoms with Crippen LogP contribution in [-0.4, -0.2) is 10.9 Å². The Balaban J connectivity index is 3.09. The largest absolute Gasteiger partial charge is 0.352 e. The van der Waals surface area contributed by atoms with E-state index in [-0.39, 0.29) is 0 Å². The minimum absolute atomic E-state index is 0.793. The Hall–Kier alpha value is -1.31. The van der Waals surface area contributed by atoms with Crippen LogP contribution in [0.15, 0.2) is 12.1 Å². The highest BCUT2D eigenvalue weighted by atomic mass is 16.1. The summed E-state index contributed by atoms with van der Waals surface area (Å²) < 4.78 is 2.10. The van der Waals surface area contributed by atoms with Gasteiger partial charge in [0.1, 0.15) is 6.29 Å². The van der Waals surface area contributed by atoms with Gasteiger partial charge in [0.25, 0.3) is 0 Å². The van der Waals surface area contributed by atoms with Crippen molar-refractivity contribution in [2.75, 3.05) is 0 Å². The van der Waals surface area contributed by atoms with Crippen LogP contribution >= 0.6 is 0 Å². The maximum absolute atomic E-state index is 10.1. The van der Waals surface area contributed by atoms with E-state index in [9.17, 15) is 4.79 Å². The average Bonchev–Trinajstić information content (AvgIpc) is 2.30. The van der Waals surface area contributed by atoms with Crippen LogP contribution in [0, 0.1) is 13.8 Å². The fourth-order valence-electron chi connectivity index (χ4n) is 1.20. The summed E-state index contributed by atoms with van der Waals surface area (Å²) >= 11 is 0. The molecule has 0 radical (unpaired) electrons. The number of hydrogen-bond donors (Lipinski definition) is 0. The number of allylic oxidation sites excluding steroid dienone is 1. The molecule has 0 N–H and O–H groups in total. The van der Waals surface area contributed by atoms with Crippen LogP contribution in [-0.2, 0) is 11.8 Å². The van der Waals surface area contributed by atoms with E-state index in [1.165, 1.54) is 17.5 Å². The van der Waals surface area contributed by atoms with Gasteiger partial charge in [0.2, 0.25) is 0 Å². The van der Waals surface area contributed by atoms with Gasteiger partial charge in [-0.2, -0.15) is 0 Å². The topological polar surface area (TPSA) is 22.0 Å². The molecule has 1 heterocycles. The van der Waals surface area contributed by atoms with E-state index in [2.05, 4.69) is 10.6 Å². The van der Waals surface area contributed by atoms with E-state index in [4.69, 9.17) is 0 Å². The first-order valence-electron chi connectivity index (χ1n) is 3.91. The van der Waals surface area contributed by atoms with Crippen molar-refractivity contribution in [1.29, 1.82) is 0 Å². The van der Waals surface area contributed by atoms with Gasteiger partial charge in [-0.3, -0.25) is 4.79 Å². The molecular weight excluding hydrogens is 150 g/mol. The van der Waals surface area contributed by atoms with E-state index < -0.39 is 0 Å². The fourth-order valence-corrected chi connectivity index (χ4v) is 1.20. The Morgan fingerprint density at radius 3 is 2.50 bits per heavy atom. The third kappa shape index (κ3) is 1.47. The van der Waals surface area contributed by atoms with Gasteiger partial charge in [-0.1, -0.05) is 0 Å². The van der Waals surface area contributed by atoms with Crippen molar-refractivity contribution in [3.8, 4) is 0 Å². The summed E-state index contributed by atoms with van der Waals surface area (Å²) in [5.74, 6) is 0. The molecule has 0 amide bonds. The molecule has 0 spiro atoms. The van der Waals surface area contributed by atoms with E-state index >= 15 is 0 Å². The molecule has 0 unspecified atom stereocenters. The van der Waals surface area contributed by atoms with Crippen LogP contribution < -0.4 is 0 Å². The molecular formula is C10H13NO. The van der Waals surface area contributed by atoms with Crippen LogP contribution in [0.25, 0.3) is 6.08 Å². The number of hydrogen-bond acceptors (Lipinski definition) is 1. The first kappa shape index (κ1) is 8.78. The molecule has 0 bridgehead atoms. The number of carbonyl (C=O) groups excluding carboxylic acids is 1. The second kappa shape index (κ2) is 3.39. The fraction of sp³-hybridized carbons (Fsp3) is 0.300. The number of aldehydes is 1. The number of aromatic nitrogens is 1. The van der Waals surface area contributed by atoms with Crippen LogP contribution in [0.2, 0.25) is 0 Å². The summed E-state index contributed by atoms with van der Waals surface area (Å²) in [4.78, 5) is 10.1. The van der Waals surface area contributed by atoms with Gasteiger partial charge in [-0.05, 0) is 37.6 Å². The Bertz CT molecular complexity index is 321. The zero-order valence-electron chi connectivity index (χ0n) is 7.66. The van der Waals surface area contributed by atoms with E-state index in [1.807, 2.05) is 27.0 Å². The van der Waals surface area contributed by atoms with E-state index in [0.29, 0.717) is 0 Å². The molecule has 2 nitrogen and oxygen atoms in total. The lowest BCUT2D eigenvalue weighted by Gasteiger charge is -1.98. The molecule has 0 saturated carbocycles. The van der Waals surface area contributed by atoms with Gasteiger partial charge >= 0.3 is 0 Å². The molecule has 0 fully saturated rings. The Morgan fingerprint density at radius 2 is 2.08 bits per heavy atom. The summed E-state index contributed by atoms with van der Waals surface area (Å²) in [6, 6.07) is 2.06. The molecule has 0 aliphatic carbocycles. The third-order valence-electron chi connectivity index (χ3n) is 2.17. The summed E-state index contributed by atoms with van der Waals surface area (Å²) in [6.07, 6.45) is 4.14. The first-order valence-corrected chi connectivity index (χ1v) is 3.91. The highest BCUT2D eigenvalue weighted by molar-refractivity contribution is 5.74. The molecule has 0 aliphatic heterocycles. The minimum Gasteiger partial charge on any atom is -0.352 e. The van der Waals surface area contributed by atoms with Gasteiger partial charge in [-0.15, -0.1) is 0 Å². The lowest BCUT2D eigenvalue weighted by atomic mass is 10.2. The summed E-state index contributed by atoms with van der Waals surface area (Å²) in [5.41, 5.74) is 3.51. The van der Waals surface area contributed by atoms with Crippen molar-refractivity contribution < 1.29 is 4.79 Å². The van der Waals surface area contributed by atoms with Crippen LogP contribution in [0.4, 0.5) is 0 Å². The van der Waals surface area contributed by atoms with Gasteiger partial charge in [0.15, 0.2) is 0 Å². The normalized spacial score (nSPS) is 10.9. The van der Waals surface area contributed by atoms with Gasteiger partial charge in [-0.25, -0.2) is 0 Å². The number of carbonyl (C=O) groups is 1. The molecule has 0 aromatic carbocycles. The zero-order valence-corrected chi connectivity index (χ0v) is 7.66. The smallest absolute Gasteiger partial charge is 0.142 e. The highest BCUT2D eigenvalue weighted by Crippen LogP contribution is 2.14. The SMILES string of the molecule is Cc1cc(/C=C/C=O)c(C)n1C. The number of aryl methyl sites for hydroxylation is 1. The highest BCUT2D eigenvalue weighted by Gasteiger charge is 2.01. The van der Waals surface area contributed by atoms with E-state index in [1.54, 1.807) is 0 Å². The van der Waals surface area contributed by atoms with Crippen molar-refractivity contribution in [1.82, 2.24) is 4.57 Å². The lowest BCUT2D eigenvalue weighted by molar-refractivity contribution is -0.104. The molecule has 0 atom stereocenters. The monoisotopic (exact) mass is 163 g/mol. The molecule has 64 valence electrons. The molecule has 0 aliphatic rings. The van der Waals surface area contributed by atoms with Crippen molar-refractivity contribution in [3.63, 3.8) is 0 Å². The van der Waals surface area contributed by atoms with Crippen molar-refractivity contribution in [2.24, 2.45) is 7.05 Å². The Kier molecular flexibility index (Phi) is 2.48. The maximum Gasteiger partial charge on any atom is 0.142 e. The summed E-state index contributed by atoms with van der Waals surface area (Å²) in [5, 5.41) is 0. The van der Waals surface area contributed by atoms with Gasteiger partial charge in [0.05, 0.1) is 0 Å². The summed E-state index contributed by atoms with van der Waals surface area (Å²) in [7, 11) is 2.02. The minimum atomic E-state index is 0.793.